The summed E-state index contributed by atoms with van der Waals surface area (Å²) < 4.78 is 19.1. The molecule has 2 aromatic heterocycles. The van der Waals surface area contributed by atoms with Gasteiger partial charge in [-0.2, -0.15) is 0 Å². The number of thiazole rings is 1. The summed E-state index contributed by atoms with van der Waals surface area (Å²) in [6.07, 6.45) is 1.23. The molecule has 0 radical (unpaired) electrons. The van der Waals surface area contributed by atoms with Gasteiger partial charge in [-0.05, 0) is 44.2 Å². The van der Waals surface area contributed by atoms with Crippen molar-refractivity contribution in [3.05, 3.63) is 52.8 Å². The molecule has 0 unspecified atom stereocenters. The Morgan fingerprint density at radius 1 is 1.13 bits per heavy atom. The number of hydrogen-bond donors (Lipinski definition) is 0. The first-order valence-corrected chi connectivity index (χ1v) is 10.9. The van der Waals surface area contributed by atoms with Crippen LogP contribution in [0.25, 0.3) is 10.2 Å². The van der Waals surface area contributed by atoms with Crippen LogP contribution >= 0.6 is 11.3 Å². The van der Waals surface area contributed by atoms with Crippen molar-refractivity contribution in [1.82, 2.24) is 14.9 Å². The van der Waals surface area contributed by atoms with E-state index >= 15 is 0 Å². The topological polar surface area (TPSA) is 73.8 Å². The van der Waals surface area contributed by atoms with E-state index in [1.807, 2.05) is 49.1 Å². The number of carbonyl (C=O) groups excluding carboxylic acids is 1. The van der Waals surface area contributed by atoms with Crippen molar-refractivity contribution < 1.29 is 19.0 Å². The average molecular weight is 426 g/mol. The molecule has 2 aliphatic heterocycles. The van der Waals surface area contributed by atoms with Crippen LogP contribution in [-0.4, -0.2) is 65.4 Å². The number of pyridine rings is 1. The van der Waals surface area contributed by atoms with Crippen molar-refractivity contribution in [2.75, 3.05) is 26.3 Å². The number of carbonyl (C=O) groups is 1. The highest BCUT2D eigenvalue weighted by atomic mass is 32.1. The Bertz CT molecular complexity index is 1050. The summed E-state index contributed by atoms with van der Waals surface area (Å²) >= 11 is 1.60. The molecule has 30 heavy (non-hydrogen) atoms. The van der Waals surface area contributed by atoms with Crippen LogP contribution in [0.15, 0.2) is 36.5 Å². The van der Waals surface area contributed by atoms with Gasteiger partial charge in [0, 0.05) is 24.3 Å². The van der Waals surface area contributed by atoms with Crippen LogP contribution in [0.2, 0.25) is 0 Å². The molecule has 0 aliphatic carbocycles. The minimum absolute atomic E-state index is 0.00163. The molecule has 2 atom stereocenters. The van der Waals surface area contributed by atoms with E-state index in [1.165, 1.54) is 0 Å². The first-order valence-electron chi connectivity index (χ1n) is 10.0. The zero-order chi connectivity index (χ0) is 20.7. The summed E-state index contributed by atoms with van der Waals surface area (Å²) in [5.74, 6) is 0.706. The van der Waals surface area contributed by atoms with Crippen molar-refractivity contribution in [3.8, 4) is 5.75 Å². The average Bonchev–Trinajstić information content (AvgIpc) is 3.27. The van der Waals surface area contributed by atoms with Gasteiger partial charge in [0.1, 0.15) is 24.1 Å². The molecule has 7 nitrogen and oxygen atoms in total. The molecular weight excluding hydrogens is 402 g/mol. The first-order chi connectivity index (χ1) is 14.5. The maximum atomic E-state index is 13.0. The molecule has 2 saturated heterocycles. The standard InChI is InChI=1S/C22H23N3O4S/c1-13-3-5-16(8-23-13)29-17-11-27-19-9-25(10-20(19)28-12-17)22(26)15-4-6-18-21(7-15)30-14(2)24-18/h3-8,17,19-20H,9-12H2,1-2H3/t19-,20-/m0/s1. The summed E-state index contributed by atoms with van der Waals surface area (Å²) in [7, 11) is 0. The molecule has 0 saturated carbocycles. The molecule has 0 spiro atoms. The van der Waals surface area contributed by atoms with Crippen LogP contribution < -0.4 is 4.74 Å². The van der Waals surface area contributed by atoms with Crippen molar-refractivity contribution in [1.29, 1.82) is 0 Å². The Balaban J connectivity index is 1.21. The van der Waals surface area contributed by atoms with Crippen LogP contribution in [0.3, 0.4) is 0 Å². The number of aryl methyl sites for hydroxylation is 2. The smallest absolute Gasteiger partial charge is 0.254 e. The van der Waals surface area contributed by atoms with Gasteiger partial charge in [-0.3, -0.25) is 9.78 Å². The number of ether oxygens (including phenoxy) is 3. The van der Waals surface area contributed by atoms with Crippen LogP contribution in [0.4, 0.5) is 0 Å². The minimum Gasteiger partial charge on any atom is -0.484 e. The van der Waals surface area contributed by atoms with Gasteiger partial charge < -0.3 is 19.1 Å². The second-order valence-corrected chi connectivity index (χ2v) is 8.98. The van der Waals surface area contributed by atoms with E-state index in [0.717, 1.165) is 20.9 Å². The second-order valence-electron chi connectivity index (χ2n) is 7.74. The maximum absolute atomic E-state index is 13.0. The summed E-state index contributed by atoms with van der Waals surface area (Å²) in [4.78, 5) is 23.6. The molecule has 3 aromatic rings. The summed E-state index contributed by atoms with van der Waals surface area (Å²) in [6, 6.07) is 9.50. The summed E-state index contributed by atoms with van der Waals surface area (Å²) in [5, 5.41) is 0.998. The van der Waals surface area contributed by atoms with Crippen LogP contribution in [0.1, 0.15) is 21.1 Å². The number of fused-ring (bicyclic) bond motifs is 2. The Kier molecular flexibility index (Phi) is 5.14. The fourth-order valence-electron chi connectivity index (χ4n) is 3.88. The van der Waals surface area contributed by atoms with E-state index in [1.54, 1.807) is 17.5 Å². The van der Waals surface area contributed by atoms with Crippen LogP contribution in [-0.2, 0) is 9.47 Å². The molecule has 2 fully saturated rings. The molecule has 0 bridgehead atoms. The molecule has 1 aromatic carbocycles. The Labute approximate surface area is 178 Å². The van der Waals surface area contributed by atoms with E-state index < -0.39 is 0 Å². The van der Waals surface area contributed by atoms with E-state index in [9.17, 15) is 4.79 Å². The van der Waals surface area contributed by atoms with E-state index in [4.69, 9.17) is 14.2 Å². The molecule has 8 heteroatoms. The van der Waals surface area contributed by atoms with Gasteiger partial charge >= 0.3 is 0 Å². The number of aromatic nitrogens is 2. The van der Waals surface area contributed by atoms with Crippen molar-refractivity contribution in [2.24, 2.45) is 0 Å². The lowest BCUT2D eigenvalue weighted by molar-refractivity contribution is -0.00461. The number of hydrogen-bond acceptors (Lipinski definition) is 7. The third-order valence-corrected chi connectivity index (χ3v) is 6.36. The van der Waals surface area contributed by atoms with Gasteiger partial charge in [0.15, 0.2) is 0 Å². The maximum Gasteiger partial charge on any atom is 0.254 e. The highest BCUT2D eigenvalue weighted by Gasteiger charge is 2.40. The predicted molar refractivity (Wildman–Crippen MR) is 113 cm³/mol. The third-order valence-electron chi connectivity index (χ3n) is 5.42. The van der Waals surface area contributed by atoms with Crippen molar-refractivity contribution >= 4 is 27.5 Å². The number of rotatable bonds is 3. The van der Waals surface area contributed by atoms with E-state index in [0.29, 0.717) is 37.6 Å². The van der Waals surface area contributed by atoms with Gasteiger partial charge in [-0.1, -0.05) is 0 Å². The predicted octanol–water partition coefficient (Wildman–Crippen LogP) is 3.00. The number of benzene rings is 1. The van der Waals surface area contributed by atoms with Crippen molar-refractivity contribution in [3.63, 3.8) is 0 Å². The lowest BCUT2D eigenvalue weighted by Gasteiger charge is -2.19. The first kappa shape index (κ1) is 19.4. The van der Waals surface area contributed by atoms with Crippen LogP contribution in [0, 0.1) is 13.8 Å². The second kappa shape index (κ2) is 7.94. The van der Waals surface area contributed by atoms with E-state index in [-0.39, 0.29) is 24.2 Å². The fourth-order valence-corrected chi connectivity index (χ4v) is 4.75. The molecular formula is C22H23N3O4S. The van der Waals surface area contributed by atoms with Gasteiger partial charge in [-0.15, -0.1) is 11.3 Å². The van der Waals surface area contributed by atoms with Gasteiger partial charge in [0.25, 0.3) is 5.91 Å². The fraction of sp³-hybridized carbons (Fsp3) is 0.409. The molecule has 5 rings (SSSR count). The monoisotopic (exact) mass is 425 g/mol. The summed E-state index contributed by atoms with van der Waals surface area (Å²) in [6.45, 7) is 5.78. The quantitative estimate of drug-likeness (QED) is 0.642. The Hall–Kier alpha value is -2.55. The number of likely N-dealkylation sites (tertiary alicyclic amines) is 1. The van der Waals surface area contributed by atoms with E-state index in [2.05, 4.69) is 9.97 Å². The molecule has 1 amide bonds. The zero-order valence-electron chi connectivity index (χ0n) is 16.9. The third kappa shape index (κ3) is 3.90. The van der Waals surface area contributed by atoms with Crippen LogP contribution in [0.5, 0.6) is 5.75 Å². The molecule has 4 heterocycles. The van der Waals surface area contributed by atoms with Gasteiger partial charge in [0.2, 0.25) is 0 Å². The SMILES string of the molecule is Cc1ccc(OC2CO[C@H]3CN(C(=O)c4ccc5nc(C)sc5c4)C[C@@H]3OC2)cn1. The number of nitrogens with zero attached hydrogens (tertiary/aromatic N) is 3. The van der Waals surface area contributed by atoms with Crippen molar-refractivity contribution in [2.45, 2.75) is 32.2 Å². The molecule has 0 N–H and O–H groups in total. The molecule has 156 valence electrons. The highest BCUT2D eigenvalue weighted by Crippen LogP contribution is 2.26. The number of amides is 1. The Morgan fingerprint density at radius 3 is 2.60 bits per heavy atom. The Morgan fingerprint density at radius 2 is 1.90 bits per heavy atom. The normalized spacial score (nSPS) is 22.1. The molecule has 2 aliphatic rings. The summed E-state index contributed by atoms with van der Waals surface area (Å²) in [5.41, 5.74) is 2.55. The lowest BCUT2D eigenvalue weighted by atomic mass is 10.2. The zero-order valence-corrected chi connectivity index (χ0v) is 17.7. The van der Waals surface area contributed by atoms with Gasteiger partial charge in [-0.25, -0.2) is 4.98 Å². The largest absolute Gasteiger partial charge is 0.484 e. The van der Waals surface area contributed by atoms with Gasteiger partial charge in [0.05, 0.1) is 34.6 Å². The minimum atomic E-state index is -0.193. The lowest BCUT2D eigenvalue weighted by Crippen LogP contribution is -2.32. The highest BCUT2D eigenvalue weighted by molar-refractivity contribution is 7.18.